The second-order valence-corrected chi connectivity index (χ2v) is 8.23. The van der Waals surface area contributed by atoms with Gasteiger partial charge in [0.05, 0.1) is 30.6 Å². The van der Waals surface area contributed by atoms with Crippen LogP contribution in [0.5, 0.6) is 11.5 Å². The third-order valence-electron chi connectivity index (χ3n) is 4.50. The normalized spacial score (nSPS) is 16.9. The van der Waals surface area contributed by atoms with Gasteiger partial charge in [-0.2, -0.15) is 0 Å². The van der Waals surface area contributed by atoms with E-state index in [1.54, 1.807) is 12.1 Å². The van der Waals surface area contributed by atoms with Gasteiger partial charge in [-0.15, -0.1) is 6.58 Å². The van der Waals surface area contributed by atoms with Gasteiger partial charge in [0.15, 0.2) is 5.17 Å². The van der Waals surface area contributed by atoms with E-state index in [4.69, 9.17) is 21.1 Å². The van der Waals surface area contributed by atoms with Crippen LogP contribution in [0.4, 0.5) is 15.8 Å². The van der Waals surface area contributed by atoms with Crippen LogP contribution in [0.2, 0.25) is 5.02 Å². The lowest BCUT2D eigenvalue weighted by atomic mass is 10.2. The predicted molar refractivity (Wildman–Crippen MR) is 125 cm³/mol. The van der Waals surface area contributed by atoms with Gasteiger partial charge in [0.2, 0.25) is 11.8 Å². The van der Waals surface area contributed by atoms with Crippen molar-refractivity contribution >= 4 is 51.7 Å². The number of halogens is 2. The van der Waals surface area contributed by atoms with Crippen LogP contribution in [0.25, 0.3) is 0 Å². The summed E-state index contributed by atoms with van der Waals surface area (Å²) in [5.74, 6) is -0.288. The molecule has 0 aliphatic carbocycles. The number of benzene rings is 2. The third kappa shape index (κ3) is 5.41. The van der Waals surface area contributed by atoms with Gasteiger partial charge < -0.3 is 14.8 Å². The first kappa shape index (κ1) is 23.6. The van der Waals surface area contributed by atoms with Gasteiger partial charge in [-0.3, -0.25) is 14.5 Å². The molecule has 3 rings (SSSR count). The van der Waals surface area contributed by atoms with E-state index in [-0.39, 0.29) is 30.6 Å². The van der Waals surface area contributed by atoms with Gasteiger partial charge in [-0.25, -0.2) is 9.38 Å². The number of rotatable bonds is 8. The van der Waals surface area contributed by atoms with Crippen molar-refractivity contribution < 1.29 is 23.5 Å². The molecule has 1 saturated heterocycles. The van der Waals surface area contributed by atoms with Gasteiger partial charge in [0, 0.05) is 25.1 Å². The predicted octanol–water partition coefficient (Wildman–Crippen LogP) is 4.64. The molecule has 0 spiro atoms. The molecule has 2 amide bonds. The maximum absolute atomic E-state index is 13.2. The van der Waals surface area contributed by atoms with Crippen LogP contribution in [0.15, 0.2) is 54.0 Å². The SMILES string of the molecule is C=CCN1C(=O)[C@H](CC(=O)Nc2cc(OC)c(Cl)cc2OC)SC1=Nc1ccc(F)cc1. The van der Waals surface area contributed by atoms with Crippen molar-refractivity contribution in [3.05, 3.63) is 59.9 Å². The number of thioether (sulfide) groups is 1. The molecule has 0 radical (unpaired) electrons. The second kappa shape index (κ2) is 10.5. The molecule has 10 heteroatoms. The summed E-state index contributed by atoms with van der Waals surface area (Å²) >= 11 is 7.27. The van der Waals surface area contributed by atoms with Gasteiger partial charge in [-0.05, 0) is 24.3 Å². The largest absolute Gasteiger partial charge is 0.495 e. The number of hydrogen-bond acceptors (Lipinski definition) is 6. The molecule has 0 saturated carbocycles. The average molecular weight is 478 g/mol. The van der Waals surface area contributed by atoms with Gasteiger partial charge in [0.25, 0.3) is 0 Å². The molecule has 0 unspecified atom stereocenters. The smallest absolute Gasteiger partial charge is 0.242 e. The fourth-order valence-electron chi connectivity index (χ4n) is 2.98. The van der Waals surface area contributed by atoms with Crippen molar-refractivity contribution in [1.29, 1.82) is 0 Å². The lowest BCUT2D eigenvalue weighted by molar-refractivity contribution is -0.127. The number of carbonyl (C=O) groups is 2. The minimum atomic E-state index is -0.672. The molecule has 1 heterocycles. The Morgan fingerprint density at radius 1 is 1.28 bits per heavy atom. The first-order chi connectivity index (χ1) is 15.4. The highest BCUT2D eigenvalue weighted by atomic mass is 35.5. The molecule has 1 aliphatic heterocycles. The van der Waals surface area contributed by atoms with Crippen LogP contribution in [-0.2, 0) is 9.59 Å². The average Bonchev–Trinajstić information content (AvgIpc) is 3.05. The van der Waals surface area contributed by atoms with E-state index >= 15 is 0 Å². The Morgan fingerprint density at radius 3 is 2.59 bits per heavy atom. The van der Waals surface area contributed by atoms with E-state index in [0.717, 1.165) is 0 Å². The van der Waals surface area contributed by atoms with E-state index in [0.29, 0.717) is 33.1 Å². The number of amides is 2. The summed E-state index contributed by atoms with van der Waals surface area (Å²) in [6.45, 7) is 3.91. The van der Waals surface area contributed by atoms with Crippen LogP contribution >= 0.6 is 23.4 Å². The summed E-state index contributed by atoms with van der Waals surface area (Å²) in [7, 11) is 2.92. The van der Waals surface area contributed by atoms with Crippen molar-refractivity contribution in [2.45, 2.75) is 11.7 Å². The summed E-state index contributed by atoms with van der Waals surface area (Å²) in [5, 5.41) is 2.83. The lowest BCUT2D eigenvalue weighted by Crippen LogP contribution is -2.33. The monoisotopic (exact) mass is 477 g/mol. The van der Waals surface area contributed by atoms with Crippen LogP contribution in [0, 0.1) is 5.82 Å². The first-order valence-corrected chi connectivity index (χ1v) is 10.8. The summed E-state index contributed by atoms with van der Waals surface area (Å²) in [4.78, 5) is 31.5. The highest BCUT2D eigenvalue weighted by molar-refractivity contribution is 8.15. The molecule has 0 bridgehead atoms. The van der Waals surface area contributed by atoms with Crippen LogP contribution in [0.1, 0.15) is 6.42 Å². The third-order valence-corrected chi connectivity index (χ3v) is 5.97. The molecule has 1 aliphatic rings. The fraction of sp³-hybridized carbons (Fsp3) is 0.227. The quantitative estimate of drug-likeness (QED) is 0.560. The van der Waals surface area contributed by atoms with E-state index in [1.165, 1.54) is 61.2 Å². The van der Waals surface area contributed by atoms with Crippen LogP contribution in [-0.4, -0.2) is 47.9 Å². The summed E-state index contributed by atoms with van der Waals surface area (Å²) < 4.78 is 23.6. The van der Waals surface area contributed by atoms with Crippen molar-refractivity contribution in [2.24, 2.45) is 4.99 Å². The molecule has 7 nitrogen and oxygen atoms in total. The number of anilines is 1. The molecule has 1 atom stereocenters. The number of nitrogens with zero attached hydrogens (tertiary/aromatic N) is 2. The van der Waals surface area contributed by atoms with Gasteiger partial charge >= 0.3 is 0 Å². The van der Waals surface area contributed by atoms with E-state index in [2.05, 4.69) is 16.9 Å². The molecular formula is C22H21ClFN3O4S. The molecule has 1 fully saturated rings. The summed E-state index contributed by atoms with van der Waals surface area (Å²) in [6.07, 6.45) is 1.49. The minimum absolute atomic E-state index is 0.0896. The summed E-state index contributed by atoms with van der Waals surface area (Å²) in [6, 6.07) is 8.69. The highest BCUT2D eigenvalue weighted by Gasteiger charge is 2.38. The van der Waals surface area contributed by atoms with Gasteiger partial charge in [-0.1, -0.05) is 29.4 Å². The Hall–Kier alpha value is -3.04. The molecule has 2 aromatic carbocycles. The molecule has 168 valence electrons. The van der Waals surface area contributed by atoms with Crippen molar-refractivity contribution in [1.82, 2.24) is 4.90 Å². The van der Waals surface area contributed by atoms with E-state index < -0.39 is 5.25 Å². The standard InChI is InChI=1S/C22H21ClFN3O4S/c1-4-9-27-21(29)19(32-22(27)25-14-7-5-13(24)6-8-14)12-20(28)26-16-11-17(30-2)15(23)10-18(16)31-3/h4-8,10-11,19H,1,9,12H2,2-3H3,(H,26,28)/t19-/m0/s1. The maximum atomic E-state index is 13.2. The Morgan fingerprint density at radius 2 is 1.97 bits per heavy atom. The molecule has 0 aromatic heterocycles. The Labute approximate surface area is 194 Å². The Balaban J connectivity index is 1.77. The van der Waals surface area contributed by atoms with Gasteiger partial charge in [0.1, 0.15) is 22.6 Å². The van der Waals surface area contributed by atoms with E-state index in [9.17, 15) is 14.0 Å². The van der Waals surface area contributed by atoms with Crippen molar-refractivity contribution in [3.8, 4) is 11.5 Å². The lowest BCUT2D eigenvalue weighted by Gasteiger charge is -2.15. The van der Waals surface area contributed by atoms with Crippen LogP contribution in [0.3, 0.4) is 0 Å². The number of amidine groups is 1. The second-order valence-electron chi connectivity index (χ2n) is 6.65. The maximum Gasteiger partial charge on any atom is 0.242 e. The number of methoxy groups -OCH3 is 2. The zero-order valence-corrected chi connectivity index (χ0v) is 19.0. The van der Waals surface area contributed by atoms with E-state index in [1.807, 2.05) is 0 Å². The molecular weight excluding hydrogens is 457 g/mol. The number of carbonyl (C=O) groups excluding carboxylic acids is 2. The number of ether oxygens (including phenoxy) is 2. The summed E-state index contributed by atoms with van der Waals surface area (Å²) in [5.41, 5.74) is 0.871. The first-order valence-electron chi connectivity index (χ1n) is 9.50. The topological polar surface area (TPSA) is 80.2 Å². The minimum Gasteiger partial charge on any atom is -0.495 e. The number of nitrogens with one attached hydrogen (secondary N) is 1. The van der Waals surface area contributed by atoms with Crippen molar-refractivity contribution in [3.63, 3.8) is 0 Å². The number of aliphatic imine (C=N–C) groups is 1. The molecule has 2 aromatic rings. The van der Waals surface area contributed by atoms with Crippen LogP contribution < -0.4 is 14.8 Å². The number of hydrogen-bond donors (Lipinski definition) is 1. The Kier molecular flexibility index (Phi) is 7.76. The van der Waals surface area contributed by atoms with Crippen molar-refractivity contribution in [2.75, 3.05) is 26.1 Å². The molecule has 32 heavy (non-hydrogen) atoms. The fourth-order valence-corrected chi connectivity index (χ4v) is 4.37. The zero-order chi connectivity index (χ0) is 23.3. The molecule has 1 N–H and O–H groups in total. The highest BCUT2D eigenvalue weighted by Crippen LogP contribution is 2.37. The Bertz CT molecular complexity index is 1060. The zero-order valence-electron chi connectivity index (χ0n) is 17.4.